The summed E-state index contributed by atoms with van der Waals surface area (Å²) < 4.78 is 5.10. The van der Waals surface area contributed by atoms with Crippen molar-refractivity contribution in [3.8, 4) is 0 Å². The molecule has 0 amide bonds. The van der Waals surface area contributed by atoms with Crippen LogP contribution < -0.4 is 5.73 Å². The topological polar surface area (TPSA) is 41.7 Å². The Hall–Kier alpha value is -0.160. The summed E-state index contributed by atoms with van der Waals surface area (Å²) in [6, 6.07) is 0. The van der Waals surface area contributed by atoms with Gasteiger partial charge >= 0.3 is 0 Å². The number of hydrogen-bond acceptors (Lipinski definition) is 4. The van der Waals surface area contributed by atoms with Crippen LogP contribution >= 0.6 is 0 Å². The van der Waals surface area contributed by atoms with Crippen molar-refractivity contribution < 1.29 is 4.74 Å². The lowest BCUT2D eigenvalue weighted by Crippen LogP contribution is -2.32. The highest BCUT2D eigenvalue weighted by atomic mass is 16.5. The number of rotatable bonds is 10. The zero-order valence-electron chi connectivity index (χ0n) is 12.8. The predicted octanol–water partition coefficient (Wildman–Crippen LogP) is 1.55. The second-order valence-corrected chi connectivity index (χ2v) is 5.59. The summed E-state index contributed by atoms with van der Waals surface area (Å²) in [6.07, 6.45) is 7.56. The Balaban J connectivity index is 2.06. The van der Waals surface area contributed by atoms with Gasteiger partial charge in [0.2, 0.25) is 0 Å². The maximum absolute atomic E-state index is 5.53. The van der Waals surface area contributed by atoms with Crippen molar-refractivity contribution in [3.63, 3.8) is 0 Å². The van der Waals surface area contributed by atoms with E-state index in [0.29, 0.717) is 0 Å². The number of methoxy groups -OCH3 is 1. The fourth-order valence-corrected chi connectivity index (χ4v) is 2.71. The molecule has 1 aliphatic heterocycles. The normalized spacial score (nSPS) is 18.6. The Kier molecular flexibility index (Phi) is 10.4. The minimum absolute atomic E-state index is 0.843. The number of hydrogen-bond donors (Lipinski definition) is 1. The molecule has 1 rings (SSSR count). The Morgan fingerprint density at radius 2 is 1.47 bits per heavy atom. The third-order valence-corrected chi connectivity index (χ3v) is 3.93. The molecule has 1 aliphatic rings. The summed E-state index contributed by atoms with van der Waals surface area (Å²) in [4.78, 5) is 5.25. The average molecular weight is 271 g/mol. The lowest BCUT2D eigenvalue weighted by Gasteiger charge is -2.21. The van der Waals surface area contributed by atoms with E-state index in [0.717, 1.165) is 13.2 Å². The molecule has 0 radical (unpaired) electrons. The van der Waals surface area contributed by atoms with Crippen LogP contribution in [0.5, 0.6) is 0 Å². The SMILES string of the molecule is COCCCCN1CCCN(CCCCCN)CC1. The zero-order chi connectivity index (χ0) is 13.8. The summed E-state index contributed by atoms with van der Waals surface area (Å²) in [5.41, 5.74) is 5.53. The second-order valence-electron chi connectivity index (χ2n) is 5.59. The third kappa shape index (κ3) is 8.58. The highest BCUT2D eigenvalue weighted by Gasteiger charge is 2.13. The number of nitrogens with zero attached hydrogens (tertiary/aromatic N) is 2. The molecular weight excluding hydrogens is 238 g/mol. The molecule has 1 fully saturated rings. The summed E-state index contributed by atoms with van der Waals surface area (Å²) in [7, 11) is 1.79. The Bertz CT molecular complexity index is 182. The van der Waals surface area contributed by atoms with E-state index >= 15 is 0 Å². The molecule has 0 aliphatic carbocycles. The van der Waals surface area contributed by atoms with Gasteiger partial charge in [0.15, 0.2) is 0 Å². The first kappa shape index (κ1) is 16.9. The molecule has 0 spiro atoms. The molecule has 0 aromatic rings. The molecule has 0 bridgehead atoms. The van der Waals surface area contributed by atoms with E-state index in [9.17, 15) is 0 Å². The van der Waals surface area contributed by atoms with E-state index < -0.39 is 0 Å². The lowest BCUT2D eigenvalue weighted by atomic mass is 10.2. The minimum Gasteiger partial charge on any atom is -0.385 e. The van der Waals surface area contributed by atoms with Gasteiger partial charge in [-0.1, -0.05) is 6.42 Å². The Morgan fingerprint density at radius 3 is 2.05 bits per heavy atom. The van der Waals surface area contributed by atoms with Crippen molar-refractivity contribution in [1.82, 2.24) is 9.80 Å². The second kappa shape index (κ2) is 11.6. The van der Waals surface area contributed by atoms with Gasteiger partial charge in [0, 0.05) is 26.8 Å². The summed E-state index contributed by atoms with van der Waals surface area (Å²) in [5.74, 6) is 0. The first-order valence-electron chi connectivity index (χ1n) is 8.00. The predicted molar refractivity (Wildman–Crippen MR) is 81.5 cm³/mol. The third-order valence-electron chi connectivity index (χ3n) is 3.93. The van der Waals surface area contributed by atoms with E-state index in [2.05, 4.69) is 9.80 Å². The van der Waals surface area contributed by atoms with Crippen LogP contribution in [-0.4, -0.2) is 69.3 Å². The maximum Gasteiger partial charge on any atom is 0.0462 e. The first-order valence-corrected chi connectivity index (χ1v) is 8.00. The van der Waals surface area contributed by atoms with E-state index in [-0.39, 0.29) is 0 Å². The van der Waals surface area contributed by atoms with Crippen molar-refractivity contribution >= 4 is 0 Å². The fraction of sp³-hybridized carbons (Fsp3) is 1.00. The van der Waals surface area contributed by atoms with Crippen LogP contribution in [0, 0.1) is 0 Å². The van der Waals surface area contributed by atoms with Crippen molar-refractivity contribution in [1.29, 1.82) is 0 Å². The smallest absolute Gasteiger partial charge is 0.0462 e. The van der Waals surface area contributed by atoms with Crippen molar-refractivity contribution in [2.75, 3.05) is 59.5 Å². The van der Waals surface area contributed by atoms with Gasteiger partial charge in [-0.2, -0.15) is 0 Å². The van der Waals surface area contributed by atoms with Crippen LogP contribution in [0.1, 0.15) is 38.5 Å². The molecule has 0 saturated carbocycles. The molecule has 0 atom stereocenters. The highest BCUT2D eigenvalue weighted by Crippen LogP contribution is 2.06. The number of ether oxygens (including phenoxy) is 1. The van der Waals surface area contributed by atoms with Crippen LogP contribution in [0.15, 0.2) is 0 Å². The molecule has 2 N–H and O–H groups in total. The van der Waals surface area contributed by atoms with Gasteiger partial charge in [-0.15, -0.1) is 0 Å². The highest BCUT2D eigenvalue weighted by molar-refractivity contribution is 4.69. The summed E-state index contributed by atoms with van der Waals surface area (Å²) >= 11 is 0. The zero-order valence-corrected chi connectivity index (χ0v) is 12.8. The maximum atomic E-state index is 5.53. The summed E-state index contributed by atoms with van der Waals surface area (Å²) in [6.45, 7) is 9.28. The van der Waals surface area contributed by atoms with Crippen LogP contribution in [0.3, 0.4) is 0 Å². The van der Waals surface area contributed by atoms with Gasteiger partial charge in [-0.3, -0.25) is 0 Å². The van der Waals surface area contributed by atoms with Gasteiger partial charge in [0.1, 0.15) is 0 Å². The molecular formula is C15H33N3O. The molecule has 114 valence electrons. The van der Waals surface area contributed by atoms with Gasteiger partial charge in [0.25, 0.3) is 0 Å². The van der Waals surface area contributed by atoms with Crippen LogP contribution in [0.4, 0.5) is 0 Å². The molecule has 4 heteroatoms. The Morgan fingerprint density at radius 1 is 0.842 bits per heavy atom. The van der Waals surface area contributed by atoms with E-state index in [4.69, 9.17) is 10.5 Å². The van der Waals surface area contributed by atoms with Crippen LogP contribution in [0.2, 0.25) is 0 Å². The fourth-order valence-electron chi connectivity index (χ4n) is 2.71. The molecule has 0 unspecified atom stereocenters. The van der Waals surface area contributed by atoms with Gasteiger partial charge in [-0.25, -0.2) is 0 Å². The minimum atomic E-state index is 0.843. The van der Waals surface area contributed by atoms with E-state index in [1.807, 2.05) is 0 Å². The molecule has 0 aromatic heterocycles. The van der Waals surface area contributed by atoms with Crippen LogP contribution in [0.25, 0.3) is 0 Å². The average Bonchev–Trinajstić information content (AvgIpc) is 2.65. The molecule has 19 heavy (non-hydrogen) atoms. The van der Waals surface area contributed by atoms with Gasteiger partial charge in [0.05, 0.1) is 0 Å². The molecule has 1 heterocycles. The van der Waals surface area contributed by atoms with E-state index in [1.165, 1.54) is 77.8 Å². The number of unbranched alkanes of at least 4 members (excludes halogenated alkanes) is 3. The Labute approximate surface area is 119 Å². The van der Waals surface area contributed by atoms with Crippen molar-refractivity contribution in [2.24, 2.45) is 5.73 Å². The number of nitrogens with two attached hydrogens (primary N) is 1. The molecule has 0 aromatic carbocycles. The summed E-state index contributed by atoms with van der Waals surface area (Å²) in [5, 5.41) is 0. The van der Waals surface area contributed by atoms with Gasteiger partial charge < -0.3 is 20.3 Å². The van der Waals surface area contributed by atoms with E-state index in [1.54, 1.807) is 7.11 Å². The van der Waals surface area contributed by atoms with Crippen molar-refractivity contribution in [2.45, 2.75) is 38.5 Å². The standard InChI is InChI=1S/C15H33N3O/c1-19-15-6-5-10-18-12-7-11-17(13-14-18)9-4-2-3-8-16/h2-16H2,1H3. The largest absolute Gasteiger partial charge is 0.385 e. The first-order chi connectivity index (χ1) is 9.36. The van der Waals surface area contributed by atoms with Gasteiger partial charge in [-0.05, 0) is 64.8 Å². The lowest BCUT2D eigenvalue weighted by molar-refractivity contribution is 0.184. The van der Waals surface area contributed by atoms with Crippen molar-refractivity contribution in [3.05, 3.63) is 0 Å². The molecule has 1 saturated heterocycles. The molecule has 4 nitrogen and oxygen atoms in total. The quantitative estimate of drug-likeness (QED) is 0.612. The van der Waals surface area contributed by atoms with Crippen LogP contribution in [-0.2, 0) is 4.74 Å². The monoisotopic (exact) mass is 271 g/mol.